The van der Waals surface area contributed by atoms with E-state index >= 15 is 0 Å². The van der Waals surface area contributed by atoms with Crippen molar-refractivity contribution in [2.75, 3.05) is 0 Å². The van der Waals surface area contributed by atoms with Crippen molar-refractivity contribution < 1.29 is 43.8 Å². The monoisotopic (exact) mass is 460 g/mol. The molecule has 0 aromatic heterocycles. The molecule has 0 aromatic carbocycles. The molecule has 32 heavy (non-hydrogen) atoms. The molecule has 0 aliphatic rings. The number of rotatable bonds is 15. The quantitative estimate of drug-likeness (QED) is 0.117. The Hall–Kier alpha value is -3.75. The van der Waals surface area contributed by atoms with E-state index in [1.165, 1.54) is 6.92 Å². The van der Waals surface area contributed by atoms with Gasteiger partial charge in [0, 0.05) is 12.8 Å². The highest BCUT2D eigenvalue weighted by Gasteiger charge is 2.29. The van der Waals surface area contributed by atoms with Gasteiger partial charge in [0.05, 0.1) is 12.5 Å². The standard InChI is InChI=1S/C17H28N6O9/c1-7(14(28)22-9(17(31)32)3-5-12(20)25)21-16(30)10(6-13(26)27)23-15(29)8(18)2-4-11(19)24/h7-10H,2-6,18H2,1H3,(H2,19,24)(H2,20,25)(H,21,30)(H,22,28)(H,23,29)(H,26,27)(H,31,32). The zero-order valence-corrected chi connectivity index (χ0v) is 17.3. The molecule has 4 atom stereocenters. The van der Waals surface area contributed by atoms with Crippen LogP contribution in [0.15, 0.2) is 0 Å². The molecule has 0 radical (unpaired) electrons. The maximum Gasteiger partial charge on any atom is 0.326 e. The molecular weight excluding hydrogens is 432 g/mol. The van der Waals surface area contributed by atoms with E-state index in [9.17, 15) is 33.6 Å². The Morgan fingerprint density at radius 3 is 1.72 bits per heavy atom. The lowest BCUT2D eigenvalue weighted by atomic mass is 10.1. The van der Waals surface area contributed by atoms with Crippen molar-refractivity contribution in [2.24, 2.45) is 17.2 Å². The minimum atomic E-state index is -1.61. The molecule has 0 saturated heterocycles. The largest absolute Gasteiger partial charge is 0.481 e. The molecule has 15 heteroatoms. The van der Waals surface area contributed by atoms with E-state index in [1.54, 1.807) is 0 Å². The Labute approximate surface area is 182 Å². The first kappa shape index (κ1) is 28.2. The molecule has 0 aliphatic carbocycles. The summed E-state index contributed by atoms with van der Waals surface area (Å²) >= 11 is 0. The van der Waals surface area contributed by atoms with Gasteiger partial charge in [-0.1, -0.05) is 0 Å². The highest BCUT2D eigenvalue weighted by atomic mass is 16.4. The van der Waals surface area contributed by atoms with Crippen LogP contribution < -0.4 is 33.2 Å². The van der Waals surface area contributed by atoms with Gasteiger partial charge in [-0.15, -0.1) is 0 Å². The van der Waals surface area contributed by atoms with Crippen LogP contribution in [0.25, 0.3) is 0 Å². The number of carbonyl (C=O) groups is 7. The second-order valence-corrected chi connectivity index (χ2v) is 6.91. The first-order valence-electron chi connectivity index (χ1n) is 9.42. The third-order valence-corrected chi connectivity index (χ3v) is 4.10. The van der Waals surface area contributed by atoms with Gasteiger partial charge >= 0.3 is 11.9 Å². The van der Waals surface area contributed by atoms with Crippen LogP contribution in [0.1, 0.15) is 39.0 Å². The van der Waals surface area contributed by atoms with Gasteiger partial charge in [-0.3, -0.25) is 28.8 Å². The minimum absolute atomic E-state index is 0.136. The first-order chi connectivity index (χ1) is 14.7. The van der Waals surface area contributed by atoms with Crippen LogP contribution >= 0.6 is 0 Å². The second-order valence-electron chi connectivity index (χ2n) is 6.91. The summed E-state index contributed by atoms with van der Waals surface area (Å²) in [6, 6.07) is -5.63. The summed E-state index contributed by atoms with van der Waals surface area (Å²) in [6.07, 6.45) is -1.77. The molecule has 5 amide bonds. The summed E-state index contributed by atoms with van der Waals surface area (Å²) in [5.41, 5.74) is 15.5. The van der Waals surface area contributed by atoms with Crippen LogP contribution in [-0.4, -0.2) is 75.9 Å². The number of carbonyl (C=O) groups excluding carboxylic acids is 5. The third kappa shape index (κ3) is 11.4. The van der Waals surface area contributed by atoms with E-state index in [0.717, 1.165) is 0 Å². The molecule has 0 rings (SSSR count). The second kappa shape index (κ2) is 13.5. The molecule has 0 aromatic rings. The Bertz CT molecular complexity index is 757. The zero-order valence-electron chi connectivity index (χ0n) is 17.3. The maximum absolute atomic E-state index is 12.4. The predicted molar refractivity (Wildman–Crippen MR) is 106 cm³/mol. The number of hydrogen-bond donors (Lipinski definition) is 8. The number of carboxylic acid groups (broad SMARTS) is 2. The Morgan fingerprint density at radius 2 is 1.25 bits per heavy atom. The first-order valence-corrected chi connectivity index (χ1v) is 9.42. The Balaban J connectivity index is 5.07. The molecule has 180 valence electrons. The normalized spacial score (nSPS) is 14.2. The Morgan fingerprint density at radius 1 is 0.750 bits per heavy atom. The number of aliphatic carboxylic acids is 2. The van der Waals surface area contributed by atoms with Gasteiger partial charge in [0.15, 0.2) is 0 Å². The van der Waals surface area contributed by atoms with Gasteiger partial charge in [-0.25, -0.2) is 4.79 Å². The van der Waals surface area contributed by atoms with Crippen LogP contribution in [-0.2, 0) is 33.6 Å². The molecule has 15 nitrogen and oxygen atoms in total. The maximum atomic E-state index is 12.4. The summed E-state index contributed by atoms with van der Waals surface area (Å²) in [5.74, 6) is -7.24. The fourth-order valence-electron chi connectivity index (χ4n) is 2.31. The van der Waals surface area contributed by atoms with Crippen molar-refractivity contribution in [3.63, 3.8) is 0 Å². The lowest BCUT2D eigenvalue weighted by molar-refractivity contribution is -0.143. The fraction of sp³-hybridized carbons (Fsp3) is 0.588. The lowest BCUT2D eigenvalue weighted by Crippen LogP contribution is -2.56. The molecule has 0 bridgehead atoms. The summed E-state index contributed by atoms with van der Waals surface area (Å²) in [5, 5.41) is 24.5. The van der Waals surface area contributed by atoms with E-state index < -0.39 is 72.1 Å². The molecule has 11 N–H and O–H groups in total. The molecule has 0 heterocycles. The third-order valence-electron chi connectivity index (χ3n) is 4.10. The van der Waals surface area contributed by atoms with Crippen molar-refractivity contribution >= 4 is 41.5 Å². The fourth-order valence-corrected chi connectivity index (χ4v) is 2.31. The van der Waals surface area contributed by atoms with Gasteiger partial charge in [-0.05, 0) is 19.8 Å². The molecular formula is C17H28N6O9. The van der Waals surface area contributed by atoms with Crippen LogP contribution in [0.4, 0.5) is 0 Å². The smallest absolute Gasteiger partial charge is 0.326 e. The van der Waals surface area contributed by atoms with Gasteiger partial charge in [0.2, 0.25) is 29.5 Å². The molecule has 4 unspecified atom stereocenters. The SMILES string of the molecule is CC(NC(=O)C(CC(=O)O)NC(=O)C(N)CCC(N)=O)C(=O)NC(CCC(N)=O)C(=O)O. The van der Waals surface area contributed by atoms with Gasteiger partial charge in [0.1, 0.15) is 18.1 Å². The molecule has 0 saturated carbocycles. The van der Waals surface area contributed by atoms with Crippen LogP contribution in [0.2, 0.25) is 0 Å². The van der Waals surface area contributed by atoms with E-state index in [4.69, 9.17) is 27.4 Å². The highest BCUT2D eigenvalue weighted by molar-refractivity contribution is 5.95. The van der Waals surface area contributed by atoms with Crippen molar-refractivity contribution in [3.8, 4) is 0 Å². The van der Waals surface area contributed by atoms with Crippen molar-refractivity contribution in [3.05, 3.63) is 0 Å². The van der Waals surface area contributed by atoms with Crippen molar-refractivity contribution in [1.82, 2.24) is 16.0 Å². The van der Waals surface area contributed by atoms with Crippen LogP contribution in [0.5, 0.6) is 0 Å². The van der Waals surface area contributed by atoms with E-state index in [1.807, 2.05) is 0 Å². The van der Waals surface area contributed by atoms with E-state index in [-0.39, 0.29) is 25.7 Å². The number of hydrogen-bond acceptors (Lipinski definition) is 8. The topological polar surface area (TPSA) is 274 Å². The average Bonchev–Trinajstić information content (AvgIpc) is 2.67. The molecule has 0 spiro atoms. The average molecular weight is 460 g/mol. The van der Waals surface area contributed by atoms with Crippen molar-refractivity contribution in [2.45, 2.75) is 63.2 Å². The number of nitrogens with two attached hydrogens (primary N) is 3. The Kier molecular flexibility index (Phi) is 11.9. The summed E-state index contributed by atoms with van der Waals surface area (Å²) in [7, 11) is 0. The van der Waals surface area contributed by atoms with Crippen LogP contribution in [0.3, 0.4) is 0 Å². The predicted octanol–water partition coefficient (Wildman–Crippen LogP) is -4.12. The van der Waals surface area contributed by atoms with E-state index in [0.29, 0.717) is 0 Å². The van der Waals surface area contributed by atoms with Crippen molar-refractivity contribution in [1.29, 1.82) is 0 Å². The van der Waals surface area contributed by atoms with Gasteiger partial charge < -0.3 is 43.4 Å². The summed E-state index contributed by atoms with van der Waals surface area (Å²) in [6.45, 7) is 1.19. The molecule has 0 aliphatic heterocycles. The van der Waals surface area contributed by atoms with E-state index in [2.05, 4.69) is 16.0 Å². The summed E-state index contributed by atoms with van der Waals surface area (Å²) in [4.78, 5) is 80.5. The van der Waals surface area contributed by atoms with Gasteiger partial charge in [-0.2, -0.15) is 0 Å². The zero-order chi connectivity index (χ0) is 25.0. The highest BCUT2D eigenvalue weighted by Crippen LogP contribution is 2.01. The lowest BCUT2D eigenvalue weighted by Gasteiger charge is -2.22. The molecule has 0 fully saturated rings. The number of nitrogens with one attached hydrogen (secondary N) is 3. The van der Waals surface area contributed by atoms with Crippen LogP contribution in [0, 0.1) is 0 Å². The number of primary amides is 2. The number of amides is 5. The number of carboxylic acids is 2. The minimum Gasteiger partial charge on any atom is -0.481 e. The summed E-state index contributed by atoms with van der Waals surface area (Å²) < 4.78 is 0. The van der Waals surface area contributed by atoms with Gasteiger partial charge in [0.25, 0.3) is 0 Å².